The molecule has 0 aromatic heterocycles. The standard InChI is InChI=1S/C16H23ClN2O/c1-18(12-14-8-4-5-9-15(14)17)13-16(20)19-10-6-2-3-7-11-19/h4-5,8-9H,2-3,6-7,10-13H2,1H3. The zero-order valence-electron chi connectivity index (χ0n) is 12.1. The van der Waals surface area contributed by atoms with Gasteiger partial charge in [0.05, 0.1) is 6.54 Å². The number of carbonyl (C=O) groups is 1. The van der Waals surface area contributed by atoms with Crippen molar-refractivity contribution in [1.82, 2.24) is 9.80 Å². The second kappa shape index (κ2) is 7.65. The fraction of sp³-hybridized carbons (Fsp3) is 0.562. The first-order valence-corrected chi connectivity index (χ1v) is 7.74. The molecular weight excluding hydrogens is 272 g/mol. The average molecular weight is 295 g/mol. The summed E-state index contributed by atoms with van der Waals surface area (Å²) in [5.74, 6) is 0.237. The lowest BCUT2D eigenvalue weighted by atomic mass is 10.2. The summed E-state index contributed by atoms with van der Waals surface area (Å²) >= 11 is 6.15. The van der Waals surface area contributed by atoms with Crippen LogP contribution in [-0.4, -0.2) is 42.4 Å². The molecule has 0 bridgehead atoms. The van der Waals surface area contributed by atoms with Crippen molar-refractivity contribution < 1.29 is 4.79 Å². The maximum atomic E-state index is 12.3. The van der Waals surface area contributed by atoms with E-state index in [9.17, 15) is 4.79 Å². The van der Waals surface area contributed by atoms with Crippen LogP contribution in [0.2, 0.25) is 5.02 Å². The smallest absolute Gasteiger partial charge is 0.236 e. The lowest BCUT2D eigenvalue weighted by molar-refractivity contribution is -0.132. The summed E-state index contributed by atoms with van der Waals surface area (Å²) in [4.78, 5) is 16.3. The molecule has 1 aliphatic rings. The largest absolute Gasteiger partial charge is 0.342 e. The Morgan fingerprint density at radius 3 is 2.50 bits per heavy atom. The molecule has 1 fully saturated rings. The summed E-state index contributed by atoms with van der Waals surface area (Å²) in [5.41, 5.74) is 1.07. The van der Waals surface area contributed by atoms with Crippen LogP contribution >= 0.6 is 11.6 Å². The summed E-state index contributed by atoms with van der Waals surface area (Å²) in [6.07, 6.45) is 4.78. The zero-order valence-corrected chi connectivity index (χ0v) is 12.9. The molecule has 0 radical (unpaired) electrons. The maximum absolute atomic E-state index is 12.3. The van der Waals surface area contributed by atoms with Gasteiger partial charge < -0.3 is 4.90 Å². The first-order valence-electron chi connectivity index (χ1n) is 7.36. The van der Waals surface area contributed by atoms with E-state index in [1.54, 1.807) is 0 Å². The Labute approximate surface area is 126 Å². The van der Waals surface area contributed by atoms with Gasteiger partial charge in [0.1, 0.15) is 0 Å². The van der Waals surface area contributed by atoms with Crippen molar-refractivity contribution in [2.75, 3.05) is 26.7 Å². The van der Waals surface area contributed by atoms with E-state index in [0.29, 0.717) is 13.1 Å². The number of hydrogen-bond donors (Lipinski definition) is 0. The van der Waals surface area contributed by atoms with E-state index in [1.165, 1.54) is 12.8 Å². The van der Waals surface area contributed by atoms with Gasteiger partial charge in [-0.15, -0.1) is 0 Å². The van der Waals surface area contributed by atoms with E-state index in [-0.39, 0.29) is 5.91 Å². The molecule has 0 atom stereocenters. The van der Waals surface area contributed by atoms with Crippen molar-refractivity contribution in [3.63, 3.8) is 0 Å². The molecule has 0 N–H and O–H groups in total. The highest BCUT2D eigenvalue weighted by Gasteiger charge is 2.17. The third kappa shape index (κ3) is 4.50. The summed E-state index contributed by atoms with van der Waals surface area (Å²) in [5, 5.41) is 0.765. The van der Waals surface area contributed by atoms with Gasteiger partial charge in [0.2, 0.25) is 5.91 Å². The van der Waals surface area contributed by atoms with Gasteiger partial charge in [-0.1, -0.05) is 42.6 Å². The predicted octanol–water partition coefficient (Wildman–Crippen LogP) is 3.17. The van der Waals surface area contributed by atoms with E-state index < -0.39 is 0 Å². The van der Waals surface area contributed by atoms with Crippen LogP contribution in [-0.2, 0) is 11.3 Å². The Bertz CT molecular complexity index is 442. The van der Waals surface area contributed by atoms with E-state index in [4.69, 9.17) is 11.6 Å². The molecule has 1 amide bonds. The van der Waals surface area contributed by atoms with Gasteiger partial charge in [0.25, 0.3) is 0 Å². The highest BCUT2D eigenvalue weighted by atomic mass is 35.5. The van der Waals surface area contributed by atoms with Crippen LogP contribution in [0.15, 0.2) is 24.3 Å². The van der Waals surface area contributed by atoms with E-state index >= 15 is 0 Å². The van der Waals surface area contributed by atoms with Crippen molar-refractivity contribution in [2.24, 2.45) is 0 Å². The van der Waals surface area contributed by atoms with Crippen LogP contribution in [0.4, 0.5) is 0 Å². The van der Waals surface area contributed by atoms with Gasteiger partial charge in [-0.05, 0) is 31.5 Å². The molecule has 4 heteroatoms. The van der Waals surface area contributed by atoms with E-state index in [1.807, 2.05) is 41.1 Å². The van der Waals surface area contributed by atoms with Crippen molar-refractivity contribution in [2.45, 2.75) is 32.2 Å². The van der Waals surface area contributed by atoms with Crippen LogP contribution in [0, 0.1) is 0 Å². The van der Waals surface area contributed by atoms with Crippen LogP contribution < -0.4 is 0 Å². The molecule has 0 aliphatic carbocycles. The predicted molar refractivity (Wildman–Crippen MR) is 82.8 cm³/mol. The third-order valence-corrected chi connectivity index (χ3v) is 4.13. The van der Waals surface area contributed by atoms with Crippen molar-refractivity contribution in [3.05, 3.63) is 34.9 Å². The van der Waals surface area contributed by atoms with Gasteiger partial charge in [0.15, 0.2) is 0 Å². The number of carbonyl (C=O) groups excluding carboxylic acids is 1. The molecule has 1 saturated heterocycles. The van der Waals surface area contributed by atoms with Gasteiger partial charge in [0, 0.05) is 24.7 Å². The summed E-state index contributed by atoms with van der Waals surface area (Å²) < 4.78 is 0. The van der Waals surface area contributed by atoms with Crippen LogP contribution in [0.25, 0.3) is 0 Å². The molecule has 3 nitrogen and oxygen atoms in total. The Balaban J connectivity index is 1.85. The number of amides is 1. The number of benzene rings is 1. The monoisotopic (exact) mass is 294 g/mol. The SMILES string of the molecule is CN(CC(=O)N1CCCCCC1)Cc1ccccc1Cl. The molecular formula is C16H23ClN2O. The van der Waals surface area contributed by atoms with Crippen molar-refractivity contribution in [3.8, 4) is 0 Å². The molecule has 1 aromatic carbocycles. The normalized spacial score (nSPS) is 16.2. The minimum Gasteiger partial charge on any atom is -0.342 e. The van der Waals surface area contributed by atoms with Crippen molar-refractivity contribution >= 4 is 17.5 Å². The molecule has 0 unspecified atom stereocenters. The highest BCUT2D eigenvalue weighted by Crippen LogP contribution is 2.16. The number of hydrogen-bond acceptors (Lipinski definition) is 2. The van der Waals surface area contributed by atoms with E-state index in [2.05, 4.69) is 0 Å². The molecule has 1 aliphatic heterocycles. The fourth-order valence-electron chi connectivity index (χ4n) is 2.62. The molecule has 1 heterocycles. The third-order valence-electron chi connectivity index (χ3n) is 3.76. The Morgan fingerprint density at radius 1 is 1.20 bits per heavy atom. The second-order valence-electron chi connectivity index (χ2n) is 5.56. The number of rotatable bonds is 4. The second-order valence-corrected chi connectivity index (χ2v) is 5.97. The summed E-state index contributed by atoms with van der Waals surface area (Å²) in [7, 11) is 1.97. The summed E-state index contributed by atoms with van der Waals surface area (Å²) in [6, 6.07) is 7.80. The first kappa shape index (κ1) is 15.3. The molecule has 1 aromatic rings. The van der Waals surface area contributed by atoms with Gasteiger partial charge in [-0.25, -0.2) is 0 Å². The number of likely N-dealkylation sites (N-methyl/N-ethyl adjacent to an activating group) is 1. The number of likely N-dealkylation sites (tertiary alicyclic amines) is 1. The Hall–Kier alpha value is -1.06. The Morgan fingerprint density at radius 2 is 1.85 bits per heavy atom. The number of halogens is 1. The van der Waals surface area contributed by atoms with Crippen LogP contribution in [0.1, 0.15) is 31.2 Å². The van der Waals surface area contributed by atoms with Crippen molar-refractivity contribution in [1.29, 1.82) is 0 Å². The maximum Gasteiger partial charge on any atom is 0.236 e. The highest BCUT2D eigenvalue weighted by molar-refractivity contribution is 6.31. The number of nitrogens with zero attached hydrogens (tertiary/aromatic N) is 2. The minimum absolute atomic E-state index is 0.237. The first-order chi connectivity index (χ1) is 9.66. The lowest BCUT2D eigenvalue weighted by Gasteiger charge is -2.24. The molecule has 110 valence electrons. The van der Waals surface area contributed by atoms with Crippen LogP contribution in [0.3, 0.4) is 0 Å². The topological polar surface area (TPSA) is 23.6 Å². The van der Waals surface area contributed by atoms with Crippen LogP contribution in [0.5, 0.6) is 0 Å². The molecule has 0 saturated carbocycles. The van der Waals surface area contributed by atoms with Gasteiger partial charge in [-0.2, -0.15) is 0 Å². The molecule has 20 heavy (non-hydrogen) atoms. The lowest BCUT2D eigenvalue weighted by Crippen LogP contribution is -2.39. The molecule has 0 spiro atoms. The minimum atomic E-state index is 0.237. The molecule has 2 rings (SSSR count). The Kier molecular flexibility index (Phi) is 5.86. The summed E-state index contributed by atoms with van der Waals surface area (Å²) in [6.45, 7) is 3.00. The average Bonchev–Trinajstić information content (AvgIpc) is 2.70. The zero-order chi connectivity index (χ0) is 14.4. The van der Waals surface area contributed by atoms with Gasteiger partial charge >= 0.3 is 0 Å². The van der Waals surface area contributed by atoms with Gasteiger partial charge in [-0.3, -0.25) is 9.69 Å². The quantitative estimate of drug-likeness (QED) is 0.851. The van der Waals surface area contributed by atoms with E-state index in [0.717, 1.165) is 36.5 Å². The fourth-order valence-corrected chi connectivity index (χ4v) is 2.82.